The lowest BCUT2D eigenvalue weighted by Gasteiger charge is -2.23. The third-order valence-corrected chi connectivity index (χ3v) is 5.84. The van der Waals surface area contributed by atoms with Crippen LogP contribution < -0.4 is 10.6 Å². The summed E-state index contributed by atoms with van der Waals surface area (Å²) < 4.78 is 0. The van der Waals surface area contributed by atoms with Gasteiger partial charge in [-0.1, -0.05) is 12.5 Å². The Hall–Kier alpha value is -2.57. The molecular weight excluding hydrogens is 322 g/mol. The van der Waals surface area contributed by atoms with Gasteiger partial charge in [0.25, 0.3) is 0 Å². The number of carbonyl (C=O) groups is 3. The minimum Gasteiger partial charge on any atom is -0.481 e. The molecule has 0 radical (unpaired) electrons. The first-order valence-corrected chi connectivity index (χ1v) is 8.70. The van der Waals surface area contributed by atoms with Gasteiger partial charge in [-0.2, -0.15) is 0 Å². The van der Waals surface area contributed by atoms with Gasteiger partial charge in [0.1, 0.15) is 0 Å². The number of carboxylic acids is 1. The van der Waals surface area contributed by atoms with Crippen LogP contribution in [0.3, 0.4) is 0 Å². The van der Waals surface area contributed by atoms with Crippen molar-refractivity contribution >= 4 is 29.3 Å². The molecule has 1 saturated carbocycles. The number of likely N-dealkylation sites (tertiary alicyclic amines) is 1. The molecule has 7 heteroatoms. The van der Waals surface area contributed by atoms with E-state index in [2.05, 4.69) is 10.6 Å². The number of hydrogen-bond donors (Lipinski definition) is 3. The lowest BCUT2D eigenvalue weighted by molar-refractivity contribution is -0.149. The number of anilines is 2. The van der Waals surface area contributed by atoms with Gasteiger partial charge in [0, 0.05) is 30.9 Å². The molecule has 7 nitrogen and oxygen atoms in total. The first-order valence-electron chi connectivity index (χ1n) is 8.70. The molecule has 2 aliphatic heterocycles. The van der Waals surface area contributed by atoms with E-state index in [0.717, 1.165) is 24.1 Å². The highest BCUT2D eigenvalue weighted by Crippen LogP contribution is 2.49. The zero-order valence-corrected chi connectivity index (χ0v) is 13.9. The molecule has 4 rings (SSSR count). The number of fused-ring (bicyclic) bond motifs is 2. The number of urea groups is 1. The average Bonchev–Trinajstić information content (AvgIpc) is 3.12. The van der Waals surface area contributed by atoms with Gasteiger partial charge in [0.05, 0.1) is 5.41 Å². The number of benzene rings is 1. The second kappa shape index (κ2) is 5.75. The molecule has 132 valence electrons. The van der Waals surface area contributed by atoms with Gasteiger partial charge in [-0.15, -0.1) is 0 Å². The van der Waals surface area contributed by atoms with Gasteiger partial charge in [-0.25, -0.2) is 4.79 Å². The van der Waals surface area contributed by atoms with E-state index in [1.54, 1.807) is 11.0 Å². The van der Waals surface area contributed by atoms with E-state index >= 15 is 0 Å². The van der Waals surface area contributed by atoms with E-state index in [1.165, 1.54) is 0 Å². The molecule has 1 saturated heterocycles. The molecule has 2 atom stereocenters. The number of hydrogen-bond acceptors (Lipinski definition) is 3. The van der Waals surface area contributed by atoms with Crippen LogP contribution in [0.5, 0.6) is 0 Å². The molecule has 0 aromatic heterocycles. The quantitative estimate of drug-likeness (QED) is 0.767. The largest absolute Gasteiger partial charge is 0.481 e. The predicted octanol–water partition coefficient (Wildman–Crippen LogP) is 2.29. The third-order valence-electron chi connectivity index (χ3n) is 5.84. The number of aliphatic carboxylic acids is 1. The predicted molar refractivity (Wildman–Crippen MR) is 91.4 cm³/mol. The highest BCUT2D eigenvalue weighted by atomic mass is 16.4. The number of rotatable bonds is 2. The first kappa shape index (κ1) is 15.9. The maximum absolute atomic E-state index is 12.6. The summed E-state index contributed by atoms with van der Waals surface area (Å²) in [6.07, 6.45) is 3.59. The van der Waals surface area contributed by atoms with Crippen LogP contribution in [0.15, 0.2) is 18.2 Å². The normalized spacial score (nSPS) is 27.4. The minimum atomic E-state index is -0.790. The summed E-state index contributed by atoms with van der Waals surface area (Å²) in [7, 11) is 0. The zero-order valence-electron chi connectivity index (χ0n) is 13.9. The number of nitrogens with one attached hydrogen (secondary N) is 2. The minimum absolute atomic E-state index is 0.0215. The van der Waals surface area contributed by atoms with Crippen molar-refractivity contribution in [3.8, 4) is 0 Å². The van der Waals surface area contributed by atoms with Gasteiger partial charge in [0.15, 0.2) is 0 Å². The van der Waals surface area contributed by atoms with Gasteiger partial charge < -0.3 is 20.6 Å². The summed E-state index contributed by atoms with van der Waals surface area (Å²) >= 11 is 0. The van der Waals surface area contributed by atoms with Gasteiger partial charge in [0.2, 0.25) is 5.91 Å². The zero-order chi connectivity index (χ0) is 17.6. The van der Waals surface area contributed by atoms with Crippen LogP contribution in [-0.2, 0) is 16.0 Å². The summed E-state index contributed by atoms with van der Waals surface area (Å²) in [6, 6.07) is 5.20. The molecule has 25 heavy (non-hydrogen) atoms. The van der Waals surface area contributed by atoms with Crippen LogP contribution in [0.1, 0.15) is 31.2 Å². The Morgan fingerprint density at radius 1 is 1.32 bits per heavy atom. The maximum atomic E-state index is 12.6. The Morgan fingerprint density at radius 3 is 2.92 bits per heavy atom. The average molecular weight is 343 g/mol. The topological polar surface area (TPSA) is 98.7 Å². The molecule has 2 heterocycles. The molecule has 0 unspecified atom stereocenters. The van der Waals surface area contributed by atoms with Crippen molar-refractivity contribution in [3.05, 3.63) is 23.8 Å². The fourth-order valence-electron chi connectivity index (χ4n) is 4.45. The summed E-state index contributed by atoms with van der Waals surface area (Å²) in [5.41, 5.74) is 1.61. The van der Waals surface area contributed by atoms with E-state index in [4.69, 9.17) is 0 Å². The fraction of sp³-hybridized carbons (Fsp3) is 0.500. The van der Waals surface area contributed by atoms with Crippen LogP contribution in [0.2, 0.25) is 0 Å². The van der Waals surface area contributed by atoms with Crippen LogP contribution in [-0.4, -0.2) is 41.0 Å². The van der Waals surface area contributed by atoms with E-state index in [0.29, 0.717) is 31.5 Å². The summed E-state index contributed by atoms with van der Waals surface area (Å²) in [5, 5.41) is 15.3. The van der Waals surface area contributed by atoms with Gasteiger partial charge in [-0.3, -0.25) is 9.59 Å². The smallest absolute Gasteiger partial charge is 0.321 e. The number of nitrogens with zero attached hydrogens (tertiary/aromatic N) is 1. The number of carbonyl (C=O) groups excluding carboxylic acids is 2. The Morgan fingerprint density at radius 2 is 2.16 bits per heavy atom. The SMILES string of the molecule is O=C1CCc2ccc(NC(=O)N3C[C@@H]4CCC[C@@]4(C(=O)O)C3)cc2N1. The summed E-state index contributed by atoms with van der Waals surface area (Å²) in [4.78, 5) is 37.4. The Kier molecular flexibility index (Phi) is 3.67. The number of aryl methyl sites for hydroxylation is 1. The molecule has 1 aromatic rings. The molecule has 3 amide bonds. The molecular formula is C18H21N3O4. The Bertz CT molecular complexity index is 763. The summed E-state index contributed by atoms with van der Waals surface area (Å²) in [6.45, 7) is 0.750. The molecule has 3 N–H and O–H groups in total. The monoisotopic (exact) mass is 343 g/mol. The first-order chi connectivity index (χ1) is 12.0. The second-order valence-electron chi connectivity index (χ2n) is 7.28. The van der Waals surface area contributed by atoms with Crippen molar-refractivity contribution < 1.29 is 19.5 Å². The number of amides is 3. The third kappa shape index (κ3) is 2.63. The van der Waals surface area contributed by atoms with Crippen molar-refractivity contribution in [2.75, 3.05) is 23.7 Å². The van der Waals surface area contributed by atoms with Gasteiger partial charge >= 0.3 is 12.0 Å². The molecule has 0 bridgehead atoms. The highest BCUT2D eigenvalue weighted by Gasteiger charge is 2.55. The van der Waals surface area contributed by atoms with E-state index in [9.17, 15) is 19.5 Å². The van der Waals surface area contributed by atoms with Crippen LogP contribution in [0, 0.1) is 11.3 Å². The van der Waals surface area contributed by atoms with E-state index in [1.807, 2.05) is 12.1 Å². The van der Waals surface area contributed by atoms with Crippen LogP contribution in [0.25, 0.3) is 0 Å². The second-order valence-corrected chi connectivity index (χ2v) is 7.28. The van der Waals surface area contributed by atoms with Crippen molar-refractivity contribution in [2.45, 2.75) is 32.1 Å². The van der Waals surface area contributed by atoms with Crippen LogP contribution >= 0.6 is 0 Å². The maximum Gasteiger partial charge on any atom is 0.321 e. The Labute approximate surface area is 145 Å². The molecule has 1 aliphatic carbocycles. The fourth-order valence-corrected chi connectivity index (χ4v) is 4.45. The van der Waals surface area contributed by atoms with Crippen LogP contribution in [0.4, 0.5) is 16.2 Å². The van der Waals surface area contributed by atoms with E-state index < -0.39 is 11.4 Å². The van der Waals surface area contributed by atoms with Crippen molar-refractivity contribution in [1.29, 1.82) is 0 Å². The van der Waals surface area contributed by atoms with Crippen molar-refractivity contribution in [1.82, 2.24) is 4.90 Å². The van der Waals surface area contributed by atoms with Gasteiger partial charge in [-0.05, 0) is 42.9 Å². The molecule has 0 spiro atoms. The molecule has 3 aliphatic rings. The standard InChI is InChI=1S/C18H21N3O4/c22-15-6-4-11-3-5-13(8-14(11)20-15)19-17(25)21-9-12-2-1-7-18(12,10-21)16(23)24/h3,5,8,12H,1-2,4,6-7,9-10H2,(H,19,25)(H,20,22)(H,23,24)/t12-,18+/m0/s1. The molecule has 1 aromatic carbocycles. The Balaban J connectivity index is 1.47. The lowest BCUT2D eigenvalue weighted by atomic mass is 9.81. The molecule has 2 fully saturated rings. The van der Waals surface area contributed by atoms with E-state index in [-0.39, 0.29) is 24.4 Å². The lowest BCUT2D eigenvalue weighted by Crippen LogP contribution is -2.38. The van der Waals surface area contributed by atoms with Crippen molar-refractivity contribution in [3.63, 3.8) is 0 Å². The summed E-state index contributed by atoms with van der Waals surface area (Å²) in [5.74, 6) is -0.771. The van der Waals surface area contributed by atoms with Crippen molar-refractivity contribution in [2.24, 2.45) is 11.3 Å². The number of carboxylic acid groups (broad SMARTS) is 1. The highest BCUT2D eigenvalue weighted by molar-refractivity contribution is 5.96.